The SMILES string of the molecule is CCO[Si](C)(CCN)OC(C)[Si](C)(C)C. The van der Waals surface area contributed by atoms with Gasteiger partial charge in [0.25, 0.3) is 0 Å². The third-order valence-corrected chi connectivity index (χ3v) is 8.43. The Kier molecular flexibility index (Phi) is 6.28. The van der Waals surface area contributed by atoms with Crippen molar-refractivity contribution in [1.82, 2.24) is 0 Å². The molecule has 0 spiro atoms. The molecular formula is C10H27NO2Si2. The highest BCUT2D eigenvalue weighted by molar-refractivity contribution is 6.78. The lowest BCUT2D eigenvalue weighted by Gasteiger charge is -2.35. The quantitative estimate of drug-likeness (QED) is 0.704. The van der Waals surface area contributed by atoms with E-state index in [2.05, 4.69) is 33.1 Å². The second-order valence-electron chi connectivity index (χ2n) is 5.23. The summed E-state index contributed by atoms with van der Waals surface area (Å²) in [4.78, 5) is 0. The summed E-state index contributed by atoms with van der Waals surface area (Å²) in [5, 5.41) is 0. The van der Waals surface area contributed by atoms with Gasteiger partial charge in [0.15, 0.2) is 0 Å². The molecule has 0 aliphatic rings. The second-order valence-corrected chi connectivity index (χ2v) is 14.1. The summed E-state index contributed by atoms with van der Waals surface area (Å²) in [6.07, 6.45) is 0. The van der Waals surface area contributed by atoms with Crippen molar-refractivity contribution in [3.8, 4) is 0 Å². The minimum Gasteiger partial charge on any atom is -0.395 e. The van der Waals surface area contributed by atoms with Gasteiger partial charge in [-0.2, -0.15) is 0 Å². The molecule has 5 heteroatoms. The van der Waals surface area contributed by atoms with E-state index in [1.165, 1.54) is 0 Å². The first-order chi connectivity index (χ1) is 6.75. The normalized spacial score (nSPS) is 18.6. The molecule has 0 heterocycles. The predicted octanol–water partition coefficient (Wildman–Crippen LogP) is 2.34. The van der Waals surface area contributed by atoms with E-state index in [1.807, 2.05) is 6.92 Å². The Balaban J connectivity index is 4.40. The van der Waals surface area contributed by atoms with Crippen molar-refractivity contribution < 1.29 is 8.85 Å². The van der Waals surface area contributed by atoms with Gasteiger partial charge in [-0.15, -0.1) is 0 Å². The number of hydrogen-bond donors (Lipinski definition) is 1. The van der Waals surface area contributed by atoms with E-state index in [9.17, 15) is 0 Å². The van der Waals surface area contributed by atoms with Gasteiger partial charge in [0.1, 0.15) is 0 Å². The fraction of sp³-hybridized carbons (Fsp3) is 1.00. The molecule has 15 heavy (non-hydrogen) atoms. The Bertz CT molecular complexity index is 177. The van der Waals surface area contributed by atoms with Crippen molar-refractivity contribution >= 4 is 16.6 Å². The van der Waals surface area contributed by atoms with Crippen LogP contribution in [0, 0.1) is 0 Å². The first kappa shape index (κ1) is 15.3. The van der Waals surface area contributed by atoms with Crippen LogP contribution in [0.15, 0.2) is 0 Å². The zero-order valence-electron chi connectivity index (χ0n) is 11.1. The van der Waals surface area contributed by atoms with Gasteiger partial charge in [0.2, 0.25) is 0 Å². The summed E-state index contributed by atoms with van der Waals surface area (Å²) in [7, 11) is -3.25. The third kappa shape index (κ3) is 5.82. The van der Waals surface area contributed by atoms with E-state index < -0.39 is 16.6 Å². The number of rotatable bonds is 7. The zero-order valence-corrected chi connectivity index (χ0v) is 13.1. The predicted molar refractivity (Wildman–Crippen MR) is 71.0 cm³/mol. The summed E-state index contributed by atoms with van der Waals surface area (Å²) >= 11 is 0. The maximum atomic E-state index is 6.18. The fourth-order valence-corrected chi connectivity index (χ4v) is 5.66. The van der Waals surface area contributed by atoms with Crippen molar-refractivity contribution in [2.75, 3.05) is 13.2 Å². The molecule has 0 rings (SSSR count). The van der Waals surface area contributed by atoms with E-state index in [1.54, 1.807) is 0 Å². The molecule has 0 saturated carbocycles. The minimum atomic E-state index is -2.01. The molecule has 3 nitrogen and oxygen atoms in total. The van der Waals surface area contributed by atoms with Gasteiger partial charge >= 0.3 is 8.56 Å². The maximum Gasteiger partial charge on any atom is 0.336 e. The van der Waals surface area contributed by atoms with Crippen LogP contribution in [0.3, 0.4) is 0 Å². The molecule has 0 saturated heterocycles. The molecule has 2 atom stereocenters. The number of nitrogens with two attached hydrogens (primary N) is 1. The molecule has 0 aliphatic carbocycles. The molecular weight excluding hydrogens is 222 g/mol. The first-order valence-electron chi connectivity index (χ1n) is 5.77. The van der Waals surface area contributed by atoms with Crippen molar-refractivity contribution in [2.24, 2.45) is 5.73 Å². The van der Waals surface area contributed by atoms with Crippen LogP contribution < -0.4 is 5.73 Å². The third-order valence-electron chi connectivity index (χ3n) is 2.69. The van der Waals surface area contributed by atoms with Crippen LogP contribution in [0.25, 0.3) is 0 Å². The molecule has 0 radical (unpaired) electrons. The Hall–Kier alpha value is 0.314. The standard InChI is InChI=1S/C10H27NO2Si2/c1-7-12-15(6,9-8-11)13-10(2)14(3,4)5/h10H,7-9,11H2,1-6H3. The summed E-state index contributed by atoms with van der Waals surface area (Å²) in [6, 6.07) is 0.885. The first-order valence-corrected chi connectivity index (χ1v) is 11.9. The molecule has 0 aromatic rings. The lowest BCUT2D eigenvalue weighted by atomic mass is 10.8. The second kappa shape index (κ2) is 6.15. The summed E-state index contributed by atoms with van der Waals surface area (Å²) in [6.45, 7) is 14.7. The van der Waals surface area contributed by atoms with E-state index in [0.29, 0.717) is 12.3 Å². The molecule has 92 valence electrons. The van der Waals surface area contributed by atoms with Gasteiger partial charge in [0, 0.05) is 18.4 Å². The monoisotopic (exact) mass is 249 g/mol. The maximum absolute atomic E-state index is 6.18. The Morgan fingerprint density at radius 2 is 1.73 bits per heavy atom. The van der Waals surface area contributed by atoms with Gasteiger partial charge < -0.3 is 14.6 Å². The van der Waals surface area contributed by atoms with E-state index in [4.69, 9.17) is 14.6 Å². The lowest BCUT2D eigenvalue weighted by Crippen LogP contribution is -2.50. The summed E-state index contributed by atoms with van der Waals surface area (Å²) < 4.78 is 12.0. The lowest BCUT2D eigenvalue weighted by molar-refractivity contribution is 0.166. The zero-order chi connectivity index (χ0) is 12.1. The molecule has 2 unspecified atom stereocenters. The highest BCUT2D eigenvalue weighted by atomic mass is 28.4. The van der Waals surface area contributed by atoms with Crippen LogP contribution >= 0.6 is 0 Å². The minimum absolute atomic E-state index is 0.340. The van der Waals surface area contributed by atoms with Gasteiger partial charge in [0.05, 0.1) is 8.07 Å². The van der Waals surface area contributed by atoms with E-state index >= 15 is 0 Å². The highest BCUT2D eigenvalue weighted by Crippen LogP contribution is 2.20. The average Bonchev–Trinajstić information content (AvgIpc) is 2.02. The van der Waals surface area contributed by atoms with Gasteiger partial charge in [-0.3, -0.25) is 0 Å². The van der Waals surface area contributed by atoms with Crippen molar-refractivity contribution in [1.29, 1.82) is 0 Å². The Morgan fingerprint density at radius 1 is 1.20 bits per heavy atom. The molecule has 0 aromatic heterocycles. The summed E-state index contributed by atoms with van der Waals surface area (Å²) in [5.41, 5.74) is 5.96. The molecule has 0 fully saturated rings. The Morgan fingerprint density at radius 3 is 2.07 bits per heavy atom. The fourth-order valence-electron chi connectivity index (χ4n) is 1.28. The number of hydrogen-bond acceptors (Lipinski definition) is 3. The van der Waals surface area contributed by atoms with Crippen molar-refractivity contribution in [3.63, 3.8) is 0 Å². The van der Waals surface area contributed by atoms with Crippen molar-refractivity contribution in [2.45, 2.75) is 51.8 Å². The van der Waals surface area contributed by atoms with Gasteiger partial charge in [-0.25, -0.2) is 0 Å². The van der Waals surface area contributed by atoms with Gasteiger partial charge in [-0.1, -0.05) is 19.6 Å². The smallest absolute Gasteiger partial charge is 0.336 e. The average molecular weight is 250 g/mol. The van der Waals surface area contributed by atoms with Crippen LogP contribution in [0.1, 0.15) is 13.8 Å². The van der Waals surface area contributed by atoms with E-state index in [0.717, 1.165) is 12.7 Å². The molecule has 0 amide bonds. The Labute approximate surface area is 96.6 Å². The largest absolute Gasteiger partial charge is 0.395 e. The van der Waals surface area contributed by atoms with Crippen LogP contribution in [-0.2, 0) is 8.85 Å². The molecule has 2 N–H and O–H groups in total. The van der Waals surface area contributed by atoms with Crippen LogP contribution in [0.2, 0.25) is 32.2 Å². The van der Waals surface area contributed by atoms with Crippen molar-refractivity contribution in [3.05, 3.63) is 0 Å². The highest BCUT2D eigenvalue weighted by Gasteiger charge is 2.36. The van der Waals surface area contributed by atoms with Crippen LogP contribution in [-0.4, -0.2) is 35.5 Å². The van der Waals surface area contributed by atoms with E-state index in [-0.39, 0.29) is 0 Å². The van der Waals surface area contributed by atoms with Gasteiger partial charge in [-0.05, 0) is 26.9 Å². The summed E-state index contributed by atoms with van der Waals surface area (Å²) in [5.74, 6) is 0. The van der Waals surface area contributed by atoms with Crippen LogP contribution in [0.5, 0.6) is 0 Å². The molecule has 0 aliphatic heterocycles. The molecule has 0 aromatic carbocycles. The molecule has 0 bridgehead atoms. The van der Waals surface area contributed by atoms with Crippen LogP contribution in [0.4, 0.5) is 0 Å². The topological polar surface area (TPSA) is 44.5 Å².